The molecule has 0 spiro atoms. The number of amides is 2. The largest absolute Gasteiger partial charge is 0.354 e. The third-order valence-corrected chi connectivity index (χ3v) is 5.52. The van der Waals surface area contributed by atoms with Gasteiger partial charge in [0.1, 0.15) is 6.54 Å². The summed E-state index contributed by atoms with van der Waals surface area (Å²) >= 11 is 0. The number of fused-ring (bicyclic) bond motifs is 1. The molecule has 3 aromatic rings. The SMILES string of the molecule is C[C@H](CNC(=O)Cn1nc(C(=O)N2CCCC2)c2ccccc21)c1ccccc1. The molecule has 6 heteroatoms. The fourth-order valence-corrected chi connectivity index (χ4v) is 3.83. The molecule has 1 aliphatic rings. The van der Waals surface area contributed by atoms with Crippen molar-refractivity contribution in [2.24, 2.45) is 0 Å². The van der Waals surface area contributed by atoms with Crippen LogP contribution in [0, 0.1) is 0 Å². The van der Waals surface area contributed by atoms with Crippen LogP contribution in [0.3, 0.4) is 0 Å². The zero-order valence-electron chi connectivity index (χ0n) is 16.7. The highest BCUT2D eigenvalue weighted by molar-refractivity contribution is 6.05. The molecule has 1 N–H and O–H groups in total. The summed E-state index contributed by atoms with van der Waals surface area (Å²) in [6.45, 7) is 4.29. The molecule has 0 aliphatic carbocycles. The van der Waals surface area contributed by atoms with Crippen LogP contribution in [0.1, 0.15) is 41.7 Å². The summed E-state index contributed by atoms with van der Waals surface area (Å²) in [5, 5.41) is 8.32. The molecule has 1 fully saturated rings. The van der Waals surface area contributed by atoms with Crippen molar-refractivity contribution >= 4 is 22.7 Å². The van der Waals surface area contributed by atoms with Crippen LogP contribution < -0.4 is 5.32 Å². The lowest BCUT2D eigenvalue weighted by molar-refractivity contribution is -0.121. The Balaban J connectivity index is 1.47. The van der Waals surface area contributed by atoms with E-state index in [1.54, 1.807) is 4.68 Å². The number of carbonyl (C=O) groups is 2. The Bertz CT molecular complexity index is 1010. The van der Waals surface area contributed by atoms with Gasteiger partial charge >= 0.3 is 0 Å². The number of benzene rings is 2. The molecule has 6 nitrogen and oxygen atoms in total. The Morgan fingerprint density at radius 1 is 1.03 bits per heavy atom. The first-order valence-electron chi connectivity index (χ1n) is 10.2. The molecule has 150 valence electrons. The Morgan fingerprint density at radius 3 is 2.48 bits per heavy atom. The summed E-state index contributed by atoms with van der Waals surface area (Å²) in [6.07, 6.45) is 2.07. The maximum atomic E-state index is 12.9. The van der Waals surface area contributed by atoms with Crippen molar-refractivity contribution in [2.45, 2.75) is 32.2 Å². The summed E-state index contributed by atoms with van der Waals surface area (Å²) in [5.41, 5.74) is 2.44. The summed E-state index contributed by atoms with van der Waals surface area (Å²) in [5.74, 6) is 0.0681. The summed E-state index contributed by atoms with van der Waals surface area (Å²) in [7, 11) is 0. The van der Waals surface area contributed by atoms with Crippen LogP contribution in [0.2, 0.25) is 0 Å². The van der Waals surface area contributed by atoms with Gasteiger partial charge in [-0.15, -0.1) is 0 Å². The van der Waals surface area contributed by atoms with Crippen LogP contribution in [0.5, 0.6) is 0 Å². The van der Waals surface area contributed by atoms with Crippen molar-refractivity contribution in [3.63, 3.8) is 0 Å². The van der Waals surface area contributed by atoms with Gasteiger partial charge in [-0.1, -0.05) is 55.5 Å². The van der Waals surface area contributed by atoms with Crippen molar-refractivity contribution in [3.05, 3.63) is 65.9 Å². The smallest absolute Gasteiger partial charge is 0.275 e. The van der Waals surface area contributed by atoms with Crippen LogP contribution in [-0.4, -0.2) is 46.1 Å². The third-order valence-electron chi connectivity index (χ3n) is 5.52. The standard InChI is InChI=1S/C23H26N4O2/c1-17(18-9-3-2-4-10-18)15-24-21(28)16-27-20-12-6-5-11-19(20)22(25-27)23(29)26-13-7-8-14-26/h2-6,9-12,17H,7-8,13-16H2,1H3,(H,24,28)/t17-/m1/s1. The maximum Gasteiger partial charge on any atom is 0.275 e. The number of rotatable bonds is 6. The first kappa shape index (κ1) is 19.2. The minimum atomic E-state index is -0.110. The van der Waals surface area contributed by atoms with Crippen LogP contribution in [0.15, 0.2) is 54.6 Å². The molecule has 1 aromatic heterocycles. The number of nitrogens with one attached hydrogen (secondary N) is 1. The minimum Gasteiger partial charge on any atom is -0.354 e. The van der Waals surface area contributed by atoms with E-state index in [1.165, 1.54) is 5.56 Å². The van der Waals surface area contributed by atoms with E-state index >= 15 is 0 Å². The second-order valence-electron chi connectivity index (χ2n) is 7.64. The molecule has 0 radical (unpaired) electrons. The number of para-hydroxylation sites is 1. The van der Waals surface area contributed by atoms with Gasteiger partial charge in [-0.25, -0.2) is 0 Å². The second kappa shape index (κ2) is 8.47. The third kappa shape index (κ3) is 4.16. The molecule has 4 rings (SSSR count). The van der Waals surface area contributed by atoms with E-state index in [1.807, 2.05) is 47.4 Å². The molecular weight excluding hydrogens is 364 g/mol. The van der Waals surface area contributed by atoms with E-state index < -0.39 is 0 Å². The molecule has 0 bridgehead atoms. The first-order chi connectivity index (χ1) is 14.1. The minimum absolute atomic E-state index is 0.0458. The van der Waals surface area contributed by atoms with E-state index in [2.05, 4.69) is 29.5 Å². The Kier molecular flexibility index (Phi) is 5.60. The molecule has 2 aromatic carbocycles. The lowest BCUT2D eigenvalue weighted by Crippen LogP contribution is -2.31. The van der Waals surface area contributed by atoms with E-state index in [0.717, 1.165) is 36.8 Å². The van der Waals surface area contributed by atoms with E-state index in [9.17, 15) is 9.59 Å². The van der Waals surface area contributed by atoms with E-state index in [-0.39, 0.29) is 24.3 Å². The van der Waals surface area contributed by atoms with Gasteiger partial charge in [-0.3, -0.25) is 14.3 Å². The molecule has 2 amide bonds. The lowest BCUT2D eigenvalue weighted by Gasteiger charge is -2.13. The molecule has 29 heavy (non-hydrogen) atoms. The average molecular weight is 390 g/mol. The van der Waals surface area contributed by atoms with Crippen molar-refractivity contribution < 1.29 is 9.59 Å². The number of nitrogens with zero attached hydrogens (tertiary/aromatic N) is 3. The van der Waals surface area contributed by atoms with Crippen LogP contribution >= 0.6 is 0 Å². The van der Waals surface area contributed by atoms with E-state index in [4.69, 9.17) is 0 Å². The monoisotopic (exact) mass is 390 g/mol. The van der Waals surface area contributed by atoms with Gasteiger partial charge in [-0.2, -0.15) is 5.10 Å². The number of likely N-dealkylation sites (tertiary alicyclic amines) is 1. The van der Waals surface area contributed by atoms with Crippen LogP contribution in [0.25, 0.3) is 10.9 Å². The lowest BCUT2D eigenvalue weighted by atomic mass is 10.0. The predicted octanol–water partition coefficient (Wildman–Crippen LogP) is 3.19. The van der Waals surface area contributed by atoms with Gasteiger partial charge < -0.3 is 10.2 Å². The molecule has 1 saturated heterocycles. The highest BCUT2D eigenvalue weighted by Crippen LogP contribution is 2.22. The van der Waals surface area contributed by atoms with Crippen molar-refractivity contribution in [3.8, 4) is 0 Å². The summed E-state index contributed by atoms with van der Waals surface area (Å²) in [6, 6.07) is 17.7. The maximum absolute atomic E-state index is 12.9. The van der Waals surface area contributed by atoms with Gasteiger partial charge in [0, 0.05) is 25.0 Å². The Morgan fingerprint density at radius 2 is 1.72 bits per heavy atom. The van der Waals surface area contributed by atoms with Crippen LogP contribution in [-0.2, 0) is 11.3 Å². The molecule has 2 heterocycles. The molecule has 0 saturated carbocycles. The molecule has 1 atom stereocenters. The fraction of sp³-hybridized carbons (Fsp3) is 0.348. The van der Waals surface area contributed by atoms with Gasteiger partial charge in [0.15, 0.2) is 5.69 Å². The second-order valence-corrected chi connectivity index (χ2v) is 7.64. The number of carbonyl (C=O) groups excluding carboxylic acids is 2. The number of hydrogen-bond donors (Lipinski definition) is 1. The van der Waals surface area contributed by atoms with Gasteiger partial charge in [0.25, 0.3) is 5.91 Å². The van der Waals surface area contributed by atoms with Gasteiger partial charge in [-0.05, 0) is 30.4 Å². The van der Waals surface area contributed by atoms with Gasteiger partial charge in [0.05, 0.1) is 5.52 Å². The number of aromatic nitrogens is 2. The highest BCUT2D eigenvalue weighted by Gasteiger charge is 2.25. The highest BCUT2D eigenvalue weighted by atomic mass is 16.2. The normalized spacial score (nSPS) is 14.9. The molecular formula is C23H26N4O2. The van der Waals surface area contributed by atoms with Crippen LogP contribution in [0.4, 0.5) is 0 Å². The zero-order chi connectivity index (χ0) is 20.2. The molecule has 0 unspecified atom stereocenters. The van der Waals surface area contributed by atoms with Crippen molar-refractivity contribution in [2.75, 3.05) is 19.6 Å². The fourth-order valence-electron chi connectivity index (χ4n) is 3.83. The summed E-state index contributed by atoms with van der Waals surface area (Å²) < 4.78 is 1.64. The Labute approximate surface area is 170 Å². The number of hydrogen-bond acceptors (Lipinski definition) is 3. The Hall–Kier alpha value is -3.15. The topological polar surface area (TPSA) is 67.2 Å². The van der Waals surface area contributed by atoms with Crippen molar-refractivity contribution in [1.82, 2.24) is 20.0 Å². The quantitative estimate of drug-likeness (QED) is 0.703. The first-order valence-corrected chi connectivity index (χ1v) is 10.2. The zero-order valence-corrected chi connectivity index (χ0v) is 16.7. The predicted molar refractivity (Wildman–Crippen MR) is 113 cm³/mol. The summed E-state index contributed by atoms with van der Waals surface area (Å²) in [4.78, 5) is 27.3. The van der Waals surface area contributed by atoms with Gasteiger partial charge in [0.2, 0.25) is 5.91 Å². The van der Waals surface area contributed by atoms with E-state index in [0.29, 0.717) is 12.2 Å². The molecule has 1 aliphatic heterocycles. The average Bonchev–Trinajstić information content (AvgIpc) is 3.41. The van der Waals surface area contributed by atoms with Crippen molar-refractivity contribution in [1.29, 1.82) is 0 Å².